The fraction of sp³-hybridized carbons (Fsp3) is 0.143. The molecule has 0 aromatic heterocycles. The van der Waals surface area contributed by atoms with Crippen LogP contribution in [0, 0.1) is 10.1 Å². The second-order valence-electron chi connectivity index (χ2n) is 6.82. The van der Waals surface area contributed by atoms with Gasteiger partial charge in [-0.05, 0) is 39.9 Å². The van der Waals surface area contributed by atoms with E-state index in [1.807, 2.05) is 30.3 Å². The van der Waals surface area contributed by atoms with E-state index in [0.717, 1.165) is 21.2 Å². The Bertz CT molecular complexity index is 1020. The van der Waals surface area contributed by atoms with E-state index in [-0.39, 0.29) is 16.0 Å². The number of nitro groups is 1. The van der Waals surface area contributed by atoms with Crippen LogP contribution in [0.15, 0.2) is 65.1 Å². The molecule has 0 heterocycles. The fourth-order valence-electron chi connectivity index (χ4n) is 3.86. The van der Waals surface area contributed by atoms with Gasteiger partial charge in [-0.25, -0.2) is 0 Å². The summed E-state index contributed by atoms with van der Waals surface area (Å²) in [5.41, 5.74) is 6.28. The number of nitrogens with zero attached hydrogens (tertiary/aromatic N) is 1. The first-order valence-electron chi connectivity index (χ1n) is 8.09. The molecule has 0 unspecified atom stereocenters. The van der Waals surface area contributed by atoms with Crippen molar-refractivity contribution < 1.29 is 4.92 Å². The molecule has 1 aliphatic rings. The standard InChI is InChI=1S/C21H16BrNO2/c1-21(2)17-8-4-3-6-15(17)20-14(7-5-9-18(20)21)16-12-13(22)10-11-19(16)23(24)25/h3-12H,1-2H3. The maximum Gasteiger partial charge on any atom is 0.277 e. The molecule has 4 rings (SSSR count). The smallest absolute Gasteiger partial charge is 0.258 e. The molecular formula is C21H16BrNO2. The van der Waals surface area contributed by atoms with Crippen LogP contribution < -0.4 is 0 Å². The third kappa shape index (κ3) is 2.32. The molecule has 3 aromatic rings. The number of rotatable bonds is 2. The van der Waals surface area contributed by atoms with Gasteiger partial charge in [0, 0.05) is 16.0 Å². The molecule has 0 atom stereocenters. The highest BCUT2D eigenvalue weighted by Crippen LogP contribution is 2.52. The number of hydrogen-bond acceptors (Lipinski definition) is 2. The summed E-state index contributed by atoms with van der Waals surface area (Å²) in [5, 5.41) is 11.6. The van der Waals surface area contributed by atoms with Crippen LogP contribution >= 0.6 is 15.9 Å². The van der Waals surface area contributed by atoms with Crippen molar-refractivity contribution in [1.82, 2.24) is 0 Å². The zero-order valence-corrected chi connectivity index (χ0v) is 15.5. The Labute approximate surface area is 154 Å². The monoisotopic (exact) mass is 393 g/mol. The van der Waals surface area contributed by atoms with Gasteiger partial charge in [-0.3, -0.25) is 10.1 Å². The Hall–Kier alpha value is -2.46. The third-order valence-corrected chi connectivity index (χ3v) is 5.55. The largest absolute Gasteiger partial charge is 0.277 e. The van der Waals surface area contributed by atoms with Crippen molar-refractivity contribution in [2.75, 3.05) is 0 Å². The molecular weight excluding hydrogens is 378 g/mol. The van der Waals surface area contributed by atoms with E-state index < -0.39 is 0 Å². The minimum absolute atomic E-state index is 0.122. The Morgan fingerprint density at radius 3 is 2.32 bits per heavy atom. The highest BCUT2D eigenvalue weighted by Gasteiger charge is 2.37. The Morgan fingerprint density at radius 2 is 1.56 bits per heavy atom. The van der Waals surface area contributed by atoms with E-state index in [2.05, 4.69) is 48.0 Å². The topological polar surface area (TPSA) is 43.1 Å². The zero-order valence-electron chi connectivity index (χ0n) is 13.9. The van der Waals surface area contributed by atoms with Gasteiger partial charge in [0.05, 0.1) is 10.5 Å². The van der Waals surface area contributed by atoms with E-state index in [0.29, 0.717) is 5.56 Å². The van der Waals surface area contributed by atoms with Crippen molar-refractivity contribution in [2.45, 2.75) is 19.3 Å². The summed E-state index contributed by atoms with van der Waals surface area (Å²) in [6, 6.07) is 19.5. The Balaban J connectivity index is 2.09. The summed E-state index contributed by atoms with van der Waals surface area (Å²) in [4.78, 5) is 11.3. The van der Waals surface area contributed by atoms with Crippen molar-refractivity contribution in [2.24, 2.45) is 0 Å². The summed E-state index contributed by atoms with van der Waals surface area (Å²) in [6.07, 6.45) is 0. The second-order valence-corrected chi connectivity index (χ2v) is 7.73. The molecule has 0 saturated heterocycles. The van der Waals surface area contributed by atoms with Crippen molar-refractivity contribution in [3.8, 4) is 22.3 Å². The first-order valence-corrected chi connectivity index (χ1v) is 8.88. The van der Waals surface area contributed by atoms with Crippen LogP contribution in [0.1, 0.15) is 25.0 Å². The lowest BCUT2D eigenvalue weighted by Crippen LogP contribution is -2.14. The van der Waals surface area contributed by atoms with Crippen LogP contribution in [0.25, 0.3) is 22.3 Å². The molecule has 0 aliphatic heterocycles. The van der Waals surface area contributed by atoms with E-state index >= 15 is 0 Å². The molecule has 0 N–H and O–H groups in total. The minimum atomic E-state index is -0.312. The fourth-order valence-corrected chi connectivity index (χ4v) is 4.22. The Morgan fingerprint density at radius 1 is 0.880 bits per heavy atom. The number of hydrogen-bond donors (Lipinski definition) is 0. The van der Waals surface area contributed by atoms with E-state index in [1.165, 1.54) is 11.1 Å². The molecule has 0 bridgehead atoms. The van der Waals surface area contributed by atoms with Crippen molar-refractivity contribution >= 4 is 21.6 Å². The first kappa shape index (κ1) is 16.0. The van der Waals surface area contributed by atoms with Gasteiger partial charge in [0.15, 0.2) is 0 Å². The van der Waals surface area contributed by atoms with Crippen LogP contribution in [-0.2, 0) is 5.41 Å². The van der Waals surface area contributed by atoms with Crippen LogP contribution in [0.3, 0.4) is 0 Å². The summed E-state index contributed by atoms with van der Waals surface area (Å²) in [6.45, 7) is 4.41. The molecule has 25 heavy (non-hydrogen) atoms. The minimum Gasteiger partial charge on any atom is -0.258 e. The summed E-state index contributed by atoms with van der Waals surface area (Å²) in [7, 11) is 0. The van der Waals surface area contributed by atoms with Gasteiger partial charge in [0.25, 0.3) is 5.69 Å². The molecule has 0 spiro atoms. The maximum absolute atomic E-state index is 11.6. The van der Waals surface area contributed by atoms with Crippen molar-refractivity contribution in [3.63, 3.8) is 0 Å². The summed E-state index contributed by atoms with van der Waals surface area (Å²) < 4.78 is 0.830. The van der Waals surface area contributed by atoms with Crippen molar-refractivity contribution in [1.29, 1.82) is 0 Å². The Kier molecular flexibility index (Phi) is 3.55. The van der Waals surface area contributed by atoms with Crippen LogP contribution in [-0.4, -0.2) is 4.92 Å². The van der Waals surface area contributed by atoms with Gasteiger partial charge < -0.3 is 0 Å². The lowest BCUT2D eigenvalue weighted by Gasteiger charge is -2.21. The lowest BCUT2D eigenvalue weighted by molar-refractivity contribution is -0.384. The predicted octanol–water partition coefficient (Wildman–Crippen LogP) is 6.33. The average Bonchev–Trinajstić information content (AvgIpc) is 2.83. The van der Waals surface area contributed by atoms with Gasteiger partial charge in [-0.2, -0.15) is 0 Å². The van der Waals surface area contributed by atoms with Gasteiger partial charge in [-0.1, -0.05) is 72.2 Å². The zero-order chi connectivity index (χ0) is 17.8. The number of nitro benzene ring substituents is 1. The van der Waals surface area contributed by atoms with Crippen LogP contribution in [0.4, 0.5) is 5.69 Å². The van der Waals surface area contributed by atoms with Crippen LogP contribution in [0.5, 0.6) is 0 Å². The van der Waals surface area contributed by atoms with Gasteiger partial charge in [0.2, 0.25) is 0 Å². The van der Waals surface area contributed by atoms with Crippen LogP contribution in [0.2, 0.25) is 0 Å². The predicted molar refractivity (Wildman–Crippen MR) is 104 cm³/mol. The molecule has 124 valence electrons. The van der Waals surface area contributed by atoms with Gasteiger partial charge >= 0.3 is 0 Å². The van der Waals surface area contributed by atoms with Crippen molar-refractivity contribution in [3.05, 3.63) is 86.4 Å². The molecule has 4 heteroatoms. The quantitative estimate of drug-likeness (QED) is 0.377. The number of benzene rings is 3. The molecule has 3 aromatic carbocycles. The average molecular weight is 394 g/mol. The van der Waals surface area contributed by atoms with Gasteiger partial charge in [0.1, 0.15) is 0 Å². The lowest BCUT2D eigenvalue weighted by atomic mass is 9.82. The van der Waals surface area contributed by atoms with E-state index in [9.17, 15) is 10.1 Å². The second kappa shape index (κ2) is 5.53. The molecule has 3 nitrogen and oxygen atoms in total. The highest BCUT2D eigenvalue weighted by atomic mass is 79.9. The SMILES string of the molecule is CC1(C)c2ccccc2-c2c(-c3cc(Br)ccc3[N+](=O)[O-])cccc21. The van der Waals surface area contributed by atoms with E-state index in [4.69, 9.17) is 0 Å². The molecule has 0 radical (unpaired) electrons. The summed E-state index contributed by atoms with van der Waals surface area (Å²) in [5.74, 6) is 0. The molecule has 0 saturated carbocycles. The molecule has 0 fully saturated rings. The van der Waals surface area contributed by atoms with Gasteiger partial charge in [-0.15, -0.1) is 0 Å². The maximum atomic E-state index is 11.6. The third-order valence-electron chi connectivity index (χ3n) is 5.05. The number of fused-ring (bicyclic) bond motifs is 3. The normalized spacial score (nSPS) is 14.0. The molecule has 1 aliphatic carbocycles. The van der Waals surface area contributed by atoms with E-state index in [1.54, 1.807) is 12.1 Å². The first-order chi connectivity index (χ1) is 11.9. The summed E-state index contributed by atoms with van der Waals surface area (Å²) >= 11 is 3.45. The highest BCUT2D eigenvalue weighted by molar-refractivity contribution is 9.10. The molecule has 0 amide bonds. The number of halogens is 1.